The molecule has 106 valence electrons. The summed E-state index contributed by atoms with van der Waals surface area (Å²) >= 11 is 0. The van der Waals surface area contributed by atoms with Gasteiger partial charge in [-0.3, -0.25) is 9.59 Å². The normalized spacial score (nSPS) is 31.2. The predicted molar refractivity (Wildman–Crippen MR) is 69.6 cm³/mol. The molecular weight excluding hydrogens is 246 g/mol. The van der Waals surface area contributed by atoms with Crippen LogP contribution in [0.15, 0.2) is 12.2 Å². The van der Waals surface area contributed by atoms with E-state index in [1.165, 1.54) is 0 Å². The molecule has 1 aliphatic heterocycles. The number of carbonyl (C=O) groups is 2. The van der Waals surface area contributed by atoms with Crippen molar-refractivity contribution in [3.05, 3.63) is 12.2 Å². The number of likely N-dealkylation sites (tertiary alicyclic amines) is 1. The van der Waals surface area contributed by atoms with E-state index in [-0.39, 0.29) is 12.0 Å². The van der Waals surface area contributed by atoms with Crippen LogP contribution in [0.4, 0.5) is 0 Å². The molecule has 3 atom stereocenters. The lowest BCUT2D eigenvalue weighted by molar-refractivity contribution is -0.152. The number of ether oxygens (including phenoxy) is 1. The first kappa shape index (κ1) is 14.1. The van der Waals surface area contributed by atoms with E-state index in [9.17, 15) is 14.7 Å². The van der Waals surface area contributed by atoms with E-state index in [0.717, 1.165) is 12.8 Å². The Balaban J connectivity index is 2.05. The molecule has 1 heterocycles. The van der Waals surface area contributed by atoms with Gasteiger partial charge in [0.1, 0.15) is 0 Å². The fraction of sp³-hybridized carbons (Fsp3) is 0.714. The molecule has 1 unspecified atom stereocenters. The van der Waals surface area contributed by atoms with Crippen molar-refractivity contribution in [2.75, 3.05) is 20.2 Å². The van der Waals surface area contributed by atoms with Gasteiger partial charge >= 0.3 is 5.97 Å². The highest BCUT2D eigenvalue weighted by molar-refractivity contribution is 5.85. The Labute approximate surface area is 113 Å². The summed E-state index contributed by atoms with van der Waals surface area (Å²) in [5, 5.41) is 9.22. The summed E-state index contributed by atoms with van der Waals surface area (Å²) < 4.78 is 5.31. The minimum absolute atomic E-state index is 0.0292. The molecule has 2 rings (SSSR count). The Morgan fingerprint density at radius 3 is 2.58 bits per heavy atom. The van der Waals surface area contributed by atoms with Gasteiger partial charge in [-0.25, -0.2) is 0 Å². The van der Waals surface area contributed by atoms with Crippen molar-refractivity contribution in [1.29, 1.82) is 0 Å². The lowest BCUT2D eigenvalue weighted by Crippen LogP contribution is -2.48. The van der Waals surface area contributed by atoms with Crippen LogP contribution in [0.1, 0.15) is 25.7 Å². The SMILES string of the molecule is COC1CCCN(C(=O)[C@@H]2CC=CC[C@@H]2C(=O)O)C1. The largest absolute Gasteiger partial charge is 0.481 e. The van der Waals surface area contributed by atoms with E-state index in [2.05, 4.69) is 0 Å². The second-order valence-electron chi connectivity index (χ2n) is 5.28. The molecule has 0 saturated carbocycles. The number of nitrogens with zero attached hydrogens (tertiary/aromatic N) is 1. The van der Waals surface area contributed by atoms with E-state index in [1.807, 2.05) is 12.2 Å². The van der Waals surface area contributed by atoms with Crippen molar-refractivity contribution in [2.24, 2.45) is 11.8 Å². The van der Waals surface area contributed by atoms with Gasteiger partial charge in [0.15, 0.2) is 0 Å². The van der Waals surface area contributed by atoms with Crippen LogP contribution in [0.3, 0.4) is 0 Å². The number of hydrogen-bond acceptors (Lipinski definition) is 3. The van der Waals surface area contributed by atoms with Crippen molar-refractivity contribution < 1.29 is 19.4 Å². The van der Waals surface area contributed by atoms with Crippen LogP contribution >= 0.6 is 0 Å². The van der Waals surface area contributed by atoms with Crippen LogP contribution in [0.2, 0.25) is 0 Å². The fourth-order valence-electron chi connectivity index (χ4n) is 2.93. The number of carbonyl (C=O) groups excluding carboxylic acids is 1. The smallest absolute Gasteiger partial charge is 0.307 e. The number of rotatable bonds is 3. The van der Waals surface area contributed by atoms with Gasteiger partial charge in [0, 0.05) is 20.2 Å². The Morgan fingerprint density at radius 2 is 1.95 bits per heavy atom. The maximum absolute atomic E-state index is 12.5. The third-order valence-corrected chi connectivity index (χ3v) is 4.09. The van der Waals surface area contributed by atoms with E-state index in [1.54, 1.807) is 12.0 Å². The standard InChI is InChI=1S/C14H21NO4/c1-19-10-5-4-8-15(9-10)13(16)11-6-2-3-7-12(11)14(17)18/h2-3,10-12H,4-9H2,1H3,(H,17,18)/t10?,11-,12+/m1/s1. The third kappa shape index (κ3) is 3.15. The highest BCUT2D eigenvalue weighted by Gasteiger charge is 2.37. The maximum atomic E-state index is 12.5. The molecule has 1 fully saturated rings. The van der Waals surface area contributed by atoms with Crippen LogP contribution in [0.5, 0.6) is 0 Å². The molecule has 0 aromatic heterocycles. The van der Waals surface area contributed by atoms with E-state index < -0.39 is 17.8 Å². The number of hydrogen-bond donors (Lipinski definition) is 1. The number of piperidine rings is 1. The van der Waals surface area contributed by atoms with Crippen LogP contribution in [-0.2, 0) is 14.3 Å². The van der Waals surface area contributed by atoms with Crippen molar-refractivity contribution in [2.45, 2.75) is 31.8 Å². The molecule has 1 aliphatic carbocycles. The zero-order valence-corrected chi connectivity index (χ0v) is 11.2. The van der Waals surface area contributed by atoms with Gasteiger partial charge in [0.05, 0.1) is 17.9 Å². The van der Waals surface area contributed by atoms with E-state index in [0.29, 0.717) is 25.9 Å². The molecular formula is C14H21NO4. The zero-order chi connectivity index (χ0) is 13.8. The molecule has 0 spiro atoms. The third-order valence-electron chi connectivity index (χ3n) is 4.09. The monoisotopic (exact) mass is 267 g/mol. The minimum Gasteiger partial charge on any atom is -0.481 e. The highest BCUT2D eigenvalue weighted by Crippen LogP contribution is 2.29. The molecule has 2 aliphatic rings. The quantitative estimate of drug-likeness (QED) is 0.782. The Hall–Kier alpha value is -1.36. The lowest BCUT2D eigenvalue weighted by Gasteiger charge is -2.36. The Morgan fingerprint density at radius 1 is 1.26 bits per heavy atom. The van der Waals surface area contributed by atoms with E-state index in [4.69, 9.17) is 4.74 Å². The molecule has 5 nitrogen and oxygen atoms in total. The first-order valence-corrected chi connectivity index (χ1v) is 6.83. The second-order valence-corrected chi connectivity index (χ2v) is 5.28. The van der Waals surface area contributed by atoms with Crippen LogP contribution < -0.4 is 0 Å². The van der Waals surface area contributed by atoms with Gasteiger partial charge in [-0.15, -0.1) is 0 Å². The van der Waals surface area contributed by atoms with Gasteiger partial charge < -0.3 is 14.7 Å². The summed E-state index contributed by atoms with van der Waals surface area (Å²) in [5.74, 6) is -1.90. The maximum Gasteiger partial charge on any atom is 0.307 e. The number of amides is 1. The van der Waals surface area contributed by atoms with Crippen LogP contribution in [0, 0.1) is 11.8 Å². The van der Waals surface area contributed by atoms with E-state index >= 15 is 0 Å². The topological polar surface area (TPSA) is 66.8 Å². The highest BCUT2D eigenvalue weighted by atomic mass is 16.5. The summed E-state index contributed by atoms with van der Waals surface area (Å²) in [6.45, 7) is 1.30. The van der Waals surface area contributed by atoms with Gasteiger partial charge in [-0.05, 0) is 25.7 Å². The summed E-state index contributed by atoms with van der Waals surface area (Å²) in [5.41, 5.74) is 0. The minimum atomic E-state index is -0.872. The average Bonchev–Trinajstić information content (AvgIpc) is 2.46. The number of aliphatic carboxylic acids is 1. The summed E-state index contributed by atoms with van der Waals surface area (Å²) in [4.78, 5) is 25.5. The van der Waals surface area contributed by atoms with Crippen molar-refractivity contribution in [3.8, 4) is 0 Å². The molecule has 0 bridgehead atoms. The van der Waals surface area contributed by atoms with Gasteiger partial charge in [0.2, 0.25) is 5.91 Å². The first-order chi connectivity index (χ1) is 9.13. The average molecular weight is 267 g/mol. The molecule has 1 amide bonds. The second kappa shape index (κ2) is 6.19. The number of carboxylic acids is 1. The fourth-order valence-corrected chi connectivity index (χ4v) is 2.93. The van der Waals surface area contributed by atoms with Crippen molar-refractivity contribution in [1.82, 2.24) is 4.90 Å². The summed E-state index contributed by atoms with van der Waals surface area (Å²) in [6, 6.07) is 0. The lowest BCUT2D eigenvalue weighted by atomic mass is 9.82. The van der Waals surface area contributed by atoms with Crippen molar-refractivity contribution in [3.63, 3.8) is 0 Å². The molecule has 0 aromatic rings. The predicted octanol–water partition coefficient (Wildman–Crippen LogP) is 1.29. The number of methoxy groups -OCH3 is 1. The van der Waals surface area contributed by atoms with Gasteiger partial charge in [-0.2, -0.15) is 0 Å². The molecule has 19 heavy (non-hydrogen) atoms. The summed E-state index contributed by atoms with van der Waals surface area (Å²) in [6.07, 6.45) is 6.73. The van der Waals surface area contributed by atoms with Gasteiger partial charge in [0.25, 0.3) is 0 Å². The van der Waals surface area contributed by atoms with Crippen LogP contribution in [-0.4, -0.2) is 48.2 Å². The number of allylic oxidation sites excluding steroid dienone is 2. The molecule has 0 aromatic carbocycles. The molecule has 1 N–H and O–H groups in total. The summed E-state index contributed by atoms with van der Waals surface area (Å²) in [7, 11) is 1.65. The Bertz CT molecular complexity index is 380. The molecule has 5 heteroatoms. The van der Waals surface area contributed by atoms with Gasteiger partial charge in [-0.1, -0.05) is 12.2 Å². The van der Waals surface area contributed by atoms with Crippen LogP contribution in [0.25, 0.3) is 0 Å². The first-order valence-electron chi connectivity index (χ1n) is 6.83. The van der Waals surface area contributed by atoms with Crippen molar-refractivity contribution >= 4 is 11.9 Å². The number of carboxylic acid groups (broad SMARTS) is 1. The molecule has 0 radical (unpaired) electrons. The molecule has 1 saturated heterocycles. The Kier molecular flexibility index (Phi) is 4.58. The zero-order valence-electron chi connectivity index (χ0n) is 11.2.